The standard InChI is InChI=1S/C16H24ClNO5/c1-16(2,3)23-15(19)11-21-7-6-20-8-9-22-14-5-4-12(17)10-13(14)18/h4-5,10H,6-9,11,18H2,1-3H3. The molecule has 0 spiro atoms. The molecule has 0 aliphatic rings. The minimum absolute atomic E-state index is 0.0849. The van der Waals surface area contributed by atoms with Gasteiger partial charge in [-0.05, 0) is 39.0 Å². The van der Waals surface area contributed by atoms with Crippen LogP contribution in [0.2, 0.25) is 5.02 Å². The fourth-order valence-corrected chi connectivity index (χ4v) is 1.79. The predicted octanol–water partition coefficient (Wildman–Crippen LogP) is 2.68. The van der Waals surface area contributed by atoms with Crippen LogP contribution < -0.4 is 10.5 Å². The van der Waals surface area contributed by atoms with Crippen molar-refractivity contribution in [1.29, 1.82) is 0 Å². The number of hydrogen-bond acceptors (Lipinski definition) is 6. The van der Waals surface area contributed by atoms with Gasteiger partial charge in [0.2, 0.25) is 0 Å². The van der Waals surface area contributed by atoms with Crippen LogP contribution in [0.15, 0.2) is 18.2 Å². The van der Waals surface area contributed by atoms with Crippen molar-refractivity contribution in [2.75, 3.05) is 38.8 Å². The Labute approximate surface area is 141 Å². The molecule has 1 rings (SSSR count). The minimum Gasteiger partial charge on any atom is -0.489 e. The fourth-order valence-electron chi connectivity index (χ4n) is 1.61. The minimum atomic E-state index is -0.502. The topological polar surface area (TPSA) is 80.0 Å². The predicted molar refractivity (Wildman–Crippen MR) is 88.8 cm³/mol. The Kier molecular flexibility index (Phi) is 8.16. The lowest BCUT2D eigenvalue weighted by Gasteiger charge is -2.19. The van der Waals surface area contributed by atoms with Crippen molar-refractivity contribution in [3.8, 4) is 5.75 Å². The van der Waals surface area contributed by atoms with Crippen LogP contribution in [0.5, 0.6) is 5.75 Å². The number of anilines is 1. The molecular formula is C16H24ClNO5. The van der Waals surface area contributed by atoms with Crippen LogP contribution in [0.1, 0.15) is 20.8 Å². The molecule has 0 fully saturated rings. The fraction of sp³-hybridized carbons (Fsp3) is 0.562. The van der Waals surface area contributed by atoms with Crippen LogP contribution in [0.4, 0.5) is 5.69 Å². The van der Waals surface area contributed by atoms with E-state index in [1.807, 2.05) is 0 Å². The number of halogens is 1. The van der Waals surface area contributed by atoms with Gasteiger partial charge in [0.1, 0.15) is 24.6 Å². The third-order valence-corrected chi connectivity index (χ3v) is 2.70. The summed E-state index contributed by atoms with van der Waals surface area (Å²) in [5, 5.41) is 0.563. The van der Waals surface area contributed by atoms with Gasteiger partial charge in [-0.15, -0.1) is 0 Å². The zero-order chi connectivity index (χ0) is 17.3. The maximum absolute atomic E-state index is 11.4. The van der Waals surface area contributed by atoms with E-state index in [-0.39, 0.29) is 12.6 Å². The van der Waals surface area contributed by atoms with Gasteiger partial charge in [0.25, 0.3) is 0 Å². The highest BCUT2D eigenvalue weighted by Crippen LogP contribution is 2.24. The summed E-state index contributed by atoms with van der Waals surface area (Å²) in [5.74, 6) is 0.179. The van der Waals surface area contributed by atoms with E-state index in [1.54, 1.807) is 39.0 Å². The van der Waals surface area contributed by atoms with Crippen LogP contribution in [-0.2, 0) is 19.0 Å². The maximum atomic E-state index is 11.4. The first kappa shape index (κ1) is 19.5. The molecule has 0 aliphatic heterocycles. The SMILES string of the molecule is CC(C)(C)OC(=O)COCCOCCOc1ccc(Cl)cc1N. The van der Waals surface area contributed by atoms with Crippen molar-refractivity contribution in [3.63, 3.8) is 0 Å². The highest BCUT2D eigenvalue weighted by Gasteiger charge is 2.15. The van der Waals surface area contributed by atoms with Gasteiger partial charge in [-0.1, -0.05) is 11.6 Å². The summed E-state index contributed by atoms with van der Waals surface area (Å²) in [6, 6.07) is 5.04. The summed E-state index contributed by atoms with van der Waals surface area (Å²) < 4.78 is 21.1. The summed E-state index contributed by atoms with van der Waals surface area (Å²) in [4.78, 5) is 11.4. The van der Waals surface area contributed by atoms with E-state index in [2.05, 4.69) is 0 Å². The second-order valence-corrected chi connectivity index (χ2v) is 6.22. The van der Waals surface area contributed by atoms with E-state index in [0.29, 0.717) is 42.9 Å². The molecule has 0 saturated heterocycles. The number of carbonyl (C=O) groups excluding carboxylic acids is 1. The molecule has 6 nitrogen and oxygen atoms in total. The molecule has 0 saturated carbocycles. The van der Waals surface area contributed by atoms with Crippen molar-refractivity contribution >= 4 is 23.3 Å². The van der Waals surface area contributed by atoms with Crippen molar-refractivity contribution in [3.05, 3.63) is 23.2 Å². The van der Waals surface area contributed by atoms with E-state index in [9.17, 15) is 4.79 Å². The zero-order valence-electron chi connectivity index (χ0n) is 13.8. The van der Waals surface area contributed by atoms with Crippen LogP contribution >= 0.6 is 11.6 Å². The highest BCUT2D eigenvalue weighted by atomic mass is 35.5. The Morgan fingerprint density at radius 2 is 1.78 bits per heavy atom. The molecule has 0 aromatic heterocycles. The molecule has 0 radical (unpaired) electrons. The summed E-state index contributed by atoms with van der Waals surface area (Å²) in [6.07, 6.45) is 0. The Morgan fingerprint density at radius 3 is 2.43 bits per heavy atom. The highest BCUT2D eigenvalue weighted by molar-refractivity contribution is 6.30. The van der Waals surface area contributed by atoms with Crippen LogP contribution in [-0.4, -0.2) is 44.6 Å². The molecule has 0 aliphatic carbocycles. The van der Waals surface area contributed by atoms with Crippen molar-refractivity contribution in [2.24, 2.45) is 0 Å². The lowest BCUT2D eigenvalue weighted by molar-refractivity contribution is -0.160. The third-order valence-electron chi connectivity index (χ3n) is 2.47. The monoisotopic (exact) mass is 345 g/mol. The molecule has 1 aromatic carbocycles. The smallest absolute Gasteiger partial charge is 0.332 e. The Balaban J connectivity index is 2.02. The summed E-state index contributed by atoms with van der Waals surface area (Å²) in [6.45, 7) is 6.75. The first-order chi connectivity index (χ1) is 10.8. The number of nitrogens with two attached hydrogens (primary N) is 1. The second-order valence-electron chi connectivity index (χ2n) is 5.78. The lowest BCUT2D eigenvalue weighted by Crippen LogP contribution is -2.27. The van der Waals surface area contributed by atoms with Gasteiger partial charge in [-0.25, -0.2) is 4.79 Å². The number of hydrogen-bond donors (Lipinski definition) is 1. The molecule has 0 bridgehead atoms. The Bertz CT molecular complexity index is 502. The molecule has 23 heavy (non-hydrogen) atoms. The molecule has 0 heterocycles. The second kappa shape index (κ2) is 9.60. The largest absolute Gasteiger partial charge is 0.489 e. The van der Waals surface area contributed by atoms with Crippen LogP contribution in [0, 0.1) is 0 Å². The number of benzene rings is 1. The van der Waals surface area contributed by atoms with E-state index in [4.69, 9.17) is 36.3 Å². The number of nitrogen functional groups attached to an aromatic ring is 1. The molecule has 0 amide bonds. The van der Waals surface area contributed by atoms with E-state index in [0.717, 1.165) is 0 Å². The third kappa shape index (κ3) is 9.28. The molecule has 130 valence electrons. The van der Waals surface area contributed by atoms with E-state index < -0.39 is 5.60 Å². The first-order valence-electron chi connectivity index (χ1n) is 7.33. The number of carbonyl (C=O) groups is 1. The van der Waals surface area contributed by atoms with Crippen molar-refractivity contribution in [2.45, 2.75) is 26.4 Å². The number of esters is 1. The quantitative estimate of drug-likeness (QED) is 0.421. The van der Waals surface area contributed by atoms with Gasteiger partial charge in [0.05, 0.1) is 25.5 Å². The molecule has 7 heteroatoms. The van der Waals surface area contributed by atoms with Gasteiger partial charge in [0, 0.05) is 5.02 Å². The van der Waals surface area contributed by atoms with Gasteiger partial charge >= 0.3 is 5.97 Å². The maximum Gasteiger partial charge on any atom is 0.332 e. The number of rotatable bonds is 9. The summed E-state index contributed by atoms with van der Waals surface area (Å²) in [7, 11) is 0. The van der Waals surface area contributed by atoms with Crippen molar-refractivity contribution < 1.29 is 23.7 Å². The Hall–Kier alpha value is -1.50. The van der Waals surface area contributed by atoms with Gasteiger partial charge in [-0.2, -0.15) is 0 Å². The average Bonchev–Trinajstić information content (AvgIpc) is 2.41. The molecule has 1 aromatic rings. The summed E-state index contributed by atoms with van der Waals surface area (Å²) >= 11 is 5.80. The average molecular weight is 346 g/mol. The molecular weight excluding hydrogens is 322 g/mol. The van der Waals surface area contributed by atoms with Crippen molar-refractivity contribution in [1.82, 2.24) is 0 Å². The van der Waals surface area contributed by atoms with Gasteiger partial charge in [-0.3, -0.25) is 0 Å². The molecule has 0 atom stereocenters. The van der Waals surface area contributed by atoms with Crippen LogP contribution in [0.3, 0.4) is 0 Å². The van der Waals surface area contributed by atoms with Gasteiger partial charge in [0.15, 0.2) is 0 Å². The normalized spacial score (nSPS) is 11.3. The summed E-state index contributed by atoms with van der Waals surface area (Å²) in [5.41, 5.74) is 5.74. The van der Waals surface area contributed by atoms with E-state index in [1.165, 1.54) is 0 Å². The van der Waals surface area contributed by atoms with E-state index >= 15 is 0 Å². The lowest BCUT2D eigenvalue weighted by atomic mass is 10.2. The zero-order valence-corrected chi connectivity index (χ0v) is 14.5. The first-order valence-corrected chi connectivity index (χ1v) is 7.71. The van der Waals surface area contributed by atoms with Crippen LogP contribution in [0.25, 0.3) is 0 Å². The van der Waals surface area contributed by atoms with Gasteiger partial charge < -0.3 is 24.7 Å². The molecule has 0 unspecified atom stereocenters. The number of ether oxygens (including phenoxy) is 4. The molecule has 2 N–H and O–H groups in total. The Morgan fingerprint density at radius 1 is 1.13 bits per heavy atom.